The van der Waals surface area contributed by atoms with Gasteiger partial charge in [0.05, 0.1) is 5.69 Å². The molecule has 78 valence electrons. The van der Waals surface area contributed by atoms with Crippen molar-refractivity contribution >= 4 is 0 Å². The molecule has 0 saturated heterocycles. The highest BCUT2D eigenvalue weighted by Gasteiger charge is 2.04. The van der Waals surface area contributed by atoms with Gasteiger partial charge < -0.3 is 5.11 Å². The van der Waals surface area contributed by atoms with E-state index in [1.165, 1.54) is 10.7 Å². The molecular formula is C11H11FN2O. The maximum absolute atomic E-state index is 13.4. The number of aliphatic hydroxyl groups excluding tert-OH is 1. The molecular weight excluding hydrogens is 195 g/mol. The largest absolute Gasteiger partial charge is 0.396 e. The summed E-state index contributed by atoms with van der Waals surface area (Å²) in [6.45, 7) is 0.0499. The molecule has 1 aromatic heterocycles. The fourth-order valence-corrected chi connectivity index (χ4v) is 1.38. The smallest absolute Gasteiger partial charge is 0.148 e. The van der Waals surface area contributed by atoms with Crippen LogP contribution in [0.5, 0.6) is 0 Å². The molecule has 0 aliphatic carbocycles. The van der Waals surface area contributed by atoms with Gasteiger partial charge in [-0.2, -0.15) is 5.10 Å². The highest BCUT2D eigenvalue weighted by molar-refractivity contribution is 5.32. The number of aromatic nitrogens is 2. The second kappa shape index (κ2) is 4.23. The third-order valence-electron chi connectivity index (χ3n) is 2.11. The molecule has 15 heavy (non-hydrogen) atoms. The van der Waals surface area contributed by atoms with Gasteiger partial charge in [0, 0.05) is 19.2 Å². The summed E-state index contributed by atoms with van der Waals surface area (Å²) in [5, 5.41) is 12.9. The van der Waals surface area contributed by atoms with Crippen LogP contribution >= 0.6 is 0 Å². The zero-order chi connectivity index (χ0) is 10.7. The highest BCUT2D eigenvalue weighted by atomic mass is 19.1. The van der Waals surface area contributed by atoms with Crippen molar-refractivity contribution in [2.45, 2.75) is 6.42 Å². The SMILES string of the molecule is OCCc1ccn(-c2ccccc2F)n1. The summed E-state index contributed by atoms with van der Waals surface area (Å²) in [5.41, 5.74) is 1.17. The number of hydrogen-bond acceptors (Lipinski definition) is 2. The summed E-state index contributed by atoms with van der Waals surface area (Å²) in [7, 11) is 0. The summed E-state index contributed by atoms with van der Waals surface area (Å²) < 4.78 is 14.8. The van der Waals surface area contributed by atoms with Crippen molar-refractivity contribution < 1.29 is 9.50 Å². The molecule has 2 rings (SSSR count). The van der Waals surface area contributed by atoms with E-state index in [1.807, 2.05) is 0 Å². The van der Waals surface area contributed by atoms with E-state index in [0.29, 0.717) is 12.1 Å². The van der Waals surface area contributed by atoms with Crippen LogP contribution in [0.25, 0.3) is 5.69 Å². The maximum Gasteiger partial charge on any atom is 0.148 e. The molecule has 0 saturated carbocycles. The van der Waals surface area contributed by atoms with Gasteiger partial charge in [0.15, 0.2) is 0 Å². The van der Waals surface area contributed by atoms with Crippen LogP contribution in [-0.4, -0.2) is 21.5 Å². The van der Waals surface area contributed by atoms with Crippen molar-refractivity contribution in [1.82, 2.24) is 9.78 Å². The van der Waals surface area contributed by atoms with Crippen LogP contribution in [0.4, 0.5) is 4.39 Å². The van der Waals surface area contributed by atoms with E-state index in [2.05, 4.69) is 5.10 Å². The molecule has 0 fully saturated rings. The average molecular weight is 206 g/mol. The van der Waals surface area contributed by atoms with Gasteiger partial charge in [0.25, 0.3) is 0 Å². The quantitative estimate of drug-likeness (QED) is 0.827. The number of para-hydroxylation sites is 1. The fourth-order valence-electron chi connectivity index (χ4n) is 1.38. The van der Waals surface area contributed by atoms with Gasteiger partial charge in [-0.25, -0.2) is 9.07 Å². The van der Waals surface area contributed by atoms with E-state index in [1.54, 1.807) is 30.5 Å². The standard InChI is InChI=1S/C11H11FN2O/c12-10-3-1-2-4-11(10)14-7-5-9(13-14)6-8-15/h1-5,7,15H,6,8H2. The lowest BCUT2D eigenvalue weighted by atomic mass is 10.3. The van der Waals surface area contributed by atoms with Gasteiger partial charge in [-0.15, -0.1) is 0 Å². The van der Waals surface area contributed by atoms with Crippen LogP contribution in [0.1, 0.15) is 5.69 Å². The summed E-state index contributed by atoms with van der Waals surface area (Å²) in [6.07, 6.45) is 2.17. The molecule has 3 nitrogen and oxygen atoms in total. The summed E-state index contributed by atoms with van der Waals surface area (Å²) in [5.74, 6) is -0.309. The third kappa shape index (κ3) is 2.05. The van der Waals surface area contributed by atoms with Gasteiger partial charge in [0.1, 0.15) is 11.5 Å². The number of benzene rings is 1. The van der Waals surface area contributed by atoms with Crippen molar-refractivity contribution in [3.63, 3.8) is 0 Å². The Bertz CT molecular complexity index is 453. The molecule has 0 bridgehead atoms. The van der Waals surface area contributed by atoms with Crippen molar-refractivity contribution in [1.29, 1.82) is 0 Å². The van der Waals surface area contributed by atoms with Gasteiger partial charge in [-0.3, -0.25) is 0 Å². The van der Waals surface area contributed by atoms with Gasteiger partial charge in [0.2, 0.25) is 0 Å². The molecule has 0 unspecified atom stereocenters. The Labute approximate surface area is 86.8 Å². The third-order valence-corrected chi connectivity index (χ3v) is 2.11. The molecule has 1 aromatic carbocycles. The molecule has 0 amide bonds. The predicted molar refractivity (Wildman–Crippen MR) is 54.3 cm³/mol. The molecule has 1 heterocycles. The number of aliphatic hydroxyl groups is 1. The molecule has 4 heteroatoms. The molecule has 0 aliphatic rings. The molecule has 0 spiro atoms. The normalized spacial score (nSPS) is 10.5. The van der Waals surface area contributed by atoms with E-state index < -0.39 is 0 Å². The average Bonchev–Trinajstić information content (AvgIpc) is 2.68. The fraction of sp³-hybridized carbons (Fsp3) is 0.182. The van der Waals surface area contributed by atoms with Gasteiger partial charge in [-0.1, -0.05) is 12.1 Å². The van der Waals surface area contributed by atoms with Crippen LogP contribution < -0.4 is 0 Å². The van der Waals surface area contributed by atoms with E-state index in [9.17, 15) is 4.39 Å². The molecule has 2 aromatic rings. The molecule has 0 aliphatic heterocycles. The first-order valence-electron chi connectivity index (χ1n) is 4.71. The Hall–Kier alpha value is -1.68. The van der Waals surface area contributed by atoms with Crippen LogP contribution in [0.3, 0.4) is 0 Å². The van der Waals surface area contributed by atoms with Crippen LogP contribution in [-0.2, 0) is 6.42 Å². The second-order valence-corrected chi connectivity index (χ2v) is 3.18. The Morgan fingerprint density at radius 3 is 2.80 bits per heavy atom. The van der Waals surface area contributed by atoms with Gasteiger partial charge >= 0.3 is 0 Å². The minimum absolute atomic E-state index is 0.0499. The van der Waals surface area contributed by atoms with Crippen molar-refractivity contribution in [3.05, 3.63) is 48.0 Å². The topological polar surface area (TPSA) is 38.0 Å². The van der Waals surface area contributed by atoms with E-state index >= 15 is 0 Å². The van der Waals surface area contributed by atoms with Crippen LogP contribution in [0.2, 0.25) is 0 Å². The number of nitrogens with zero attached hydrogens (tertiary/aromatic N) is 2. The first-order chi connectivity index (χ1) is 7.31. The zero-order valence-corrected chi connectivity index (χ0v) is 8.10. The van der Waals surface area contributed by atoms with Crippen LogP contribution in [0, 0.1) is 5.82 Å². The number of halogens is 1. The molecule has 0 atom stereocenters. The zero-order valence-electron chi connectivity index (χ0n) is 8.10. The Morgan fingerprint density at radius 2 is 2.07 bits per heavy atom. The Morgan fingerprint density at radius 1 is 1.27 bits per heavy atom. The first kappa shape index (κ1) is 9.86. The summed E-state index contributed by atoms with van der Waals surface area (Å²) in [4.78, 5) is 0. The summed E-state index contributed by atoms with van der Waals surface area (Å²) >= 11 is 0. The maximum atomic E-state index is 13.4. The second-order valence-electron chi connectivity index (χ2n) is 3.18. The number of rotatable bonds is 3. The minimum Gasteiger partial charge on any atom is -0.396 e. The Balaban J connectivity index is 2.33. The van der Waals surface area contributed by atoms with Gasteiger partial charge in [-0.05, 0) is 18.2 Å². The first-order valence-corrected chi connectivity index (χ1v) is 4.71. The predicted octanol–water partition coefficient (Wildman–Crippen LogP) is 1.55. The van der Waals surface area contributed by atoms with Crippen molar-refractivity contribution in [2.75, 3.05) is 6.61 Å². The Kier molecular flexibility index (Phi) is 2.78. The highest BCUT2D eigenvalue weighted by Crippen LogP contribution is 2.12. The number of hydrogen-bond donors (Lipinski definition) is 1. The lowest BCUT2D eigenvalue weighted by Crippen LogP contribution is -1.99. The lowest BCUT2D eigenvalue weighted by molar-refractivity contribution is 0.298. The van der Waals surface area contributed by atoms with E-state index in [4.69, 9.17) is 5.11 Å². The van der Waals surface area contributed by atoms with E-state index in [0.717, 1.165) is 5.69 Å². The van der Waals surface area contributed by atoms with E-state index in [-0.39, 0.29) is 12.4 Å². The van der Waals surface area contributed by atoms with Crippen LogP contribution in [0.15, 0.2) is 36.5 Å². The minimum atomic E-state index is -0.309. The lowest BCUT2D eigenvalue weighted by Gasteiger charge is -2.01. The van der Waals surface area contributed by atoms with Crippen molar-refractivity contribution in [2.24, 2.45) is 0 Å². The van der Waals surface area contributed by atoms with Crippen molar-refractivity contribution in [3.8, 4) is 5.69 Å². The molecule has 1 N–H and O–H groups in total. The summed E-state index contributed by atoms with van der Waals surface area (Å²) in [6, 6.07) is 8.21. The molecule has 0 radical (unpaired) electrons. The monoisotopic (exact) mass is 206 g/mol.